The molecular formula is C9H9ClN2. The van der Waals surface area contributed by atoms with Crippen molar-refractivity contribution in [2.24, 2.45) is 0 Å². The van der Waals surface area contributed by atoms with Gasteiger partial charge in [0.15, 0.2) is 0 Å². The molecule has 2 nitrogen and oxygen atoms in total. The molecule has 1 rings (SSSR count). The maximum atomic E-state index is 8.65. The minimum Gasteiger partial charge on any atom is -0.398 e. The lowest BCUT2D eigenvalue weighted by Crippen LogP contribution is -1.95. The van der Waals surface area contributed by atoms with Crippen LogP contribution in [0.15, 0.2) is 12.1 Å². The standard InChI is InChI=1S/C9H9ClN2/c1-2-7-8(12)4-3-6(5-11)9(7)10/h3-4H,2,12H2,1H3. The predicted octanol–water partition coefficient (Wildman–Crippen LogP) is 2.36. The average molecular weight is 181 g/mol. The van der Waals surface area contributed by atoms with Crippen LogP contribution in [0, 0.1) is 11.3 Å². The number of anilines is 1. The summed E-state index contributed by atoms with van der Waals surface area (Å²) >= 11 is 5.91. The van der Waals surface area contributed by atoms with Gasteiger partial charge in [0.05, 0.1) is 10.6 Å². The Kier molecular flexibility index (Phi) is 2.57. The molecule has 0 aromatic heterocycles. The zero-order valence-electron chi connectivity index (χ0n) is 6.76. The first kappa shape index (κ1) is 8.89. The van der Waals surface area contributed by atoms with Gasteiger partial charge in [0.2, 0.25) is 0 Å². The second-order valence-corrected chi connectivity index (χ2v) is 2.84. The normalized spacial score (nSPS) is 9.42. The molecule has 0 amide bonds. The van der Waals surface area contributed by atoms with Gasteiger partial charge < -0.3 is 5.73 Å². The Morgan fingerprint density at radius 3 is 2.75 bits per heavy atom. The van der Waals surface area contributed by atoms with E-state index in [4.69, 9.17) is 22.6 Å². The summed E-state index contributed by atoms with van der Waals surface area (Å²) in [7, 11) is 0. The number of rotatable bonds is 1. The second kappa shape index (κ2) is 3.46. The van der Waals surface area contributed by atoms with E-state index in [-0.39, 0.29) is 0 Å². The third-order valence-corrected chi connectivity index (χ3v) is 2.19. The van der Waals surface area contributed by atoms with Gasteiger partial charge >= 0.3 is 0 Å². The van der Waals surface area contributed by atoms with E-state index >= 15 is 0 Å². The SMILES string of the molecule is CCc1c(N)ccc(C#N)c1Cl. The van der Waals surface area contributed by atoms with Crippen LogP contribution in [0.5, 0.6) is 0 Å². The van der Waals surface area contributed by atoms with Crippen molar-refractivity contribution in [3.05, 3.63) is 28.3 Å². The van der Waals surface area contributed by atoms with E-state index in [9.17, 15) is 0 Å². The predicted molar refractivity (Wildman–Crippen MR) is 50.0 cm³/mol. The zero-order valence-corrected chi connectivity index (χ0v) is 7.52. The van der Waals surface area contributed by atoms with Gasteiger partial charge in [-0.05, 0) is 24.1 Å². The first-order valence-corrected chi connectivity index (χ1v) is 4.05. The molecule has 0 radical (unpaired) electrons. The molecule has 0 aliphatic carbocycles. The van der Waals surface area contributed by atoms with Crippen LogP contribution < -0.4 is 5.73 Å². The summed E-state index contributed by atoms with van der Waals surface area (Å²) in [6.07, 6.45) is 0.750. The lowest BCUT2D eigenvalue weighted by atomic mass is 10.1. The van der Waals surface area contributed by atoms with Crippen LogP contribution in [-0.2, 0) is 6.42 Å². The molecule has 0 aliphatic rings. The number of benzene rings is 1. The van der Waals surface area contributed by atoms with Crippen molar-refractivity contribution in [1.29, 1.82) is 5.26 Å². The molecule has 0 spiro atoms. The van der Waals surface area contributed by atoms with Gasteiger partial charge in [-0.15, -0.1) is 0 Å². The first-order chi connectivity index (χ1) is 5.70. The summed E-state index contributed by atoms with van der Waals surface area (Å²) in [5.74, 6) is 0. The number of halogens is 1. The quantitative estimate of drug-likeness (QED) is 0.675. The van der Waals surface area contributed by atoms with E-state index in [1.165, 1.54) is 0 Å². The third kappa shape index (κ3) is 1.37. The van der Waals surface area contributed by atoms with E-state index in [1.54, 1.807) is 12.1 Å². The molecule has 0 atom stereocenters. The minimum absolute atomic E-state index is 0.486. The molecule has 0 bridgehead atoms. The Bertz CT molecular complexity index is 339. The van der Waals surface area contributed by atoms with Crippen LogP contribution in [0.2, 0.25) is 5.02 Å². The molecule has 2 N–H and O–H groups in total. The fourth-order valence-corrected chi connectivity index (χ4v) is 1.43. The highest BCUT2D eigenvalue weighted by molar-refractivity contribution is 6.32. The van der Waals surface area contributed by atoms with Gasteiger partial charge in [-0.1, -0.05) is 18.5 Å². The largest absolute Gasteiger partial charge is 0.398 e. The molecule has 12 heavy (non-hydrogen) atoms. The highest BCUT2D eigenvalue weighted by atomic mass is 35.5. The van der Waals surface area contributed by atoms with Crippen molar-refractivity contribution < 1.29 is 0 Å². The fraction of sp³-hybridized carbons (Fsp3) is 0.222. The lowest BCUT2D eigenvalue weighted by Gasteiger charge is -2.05. The van der Waals surface area contributed by atoms with Gasteiger partial charge in [0.1, 0.15) is 6.07 Å². The Hall–Kier alpha value is -1.20. The fourth-order valence-electron chi connectivity index (χ4n) is 1.08. The van der Waals surface area contributed by atoms with Crippen LogP contribution in [0.3, 0.4) is 0 Å². The van der Waals surface area contributed by atoms with Gasteiger partial charge in [-0.3, -0.25) is 0 Å². The number of nitrogens with two attached hydrogens (primary N) is 1. The van der Waals surface area contributed by atoms with Gasteiger partial charge in [0.25, 0.3) is 0 Å². The van der Waals surface area contributed by atoms with Crippen LogP contribution >= 0.6 is 11.6 Å². The molecule has 0 saturated carbocycles. The summed E-state index contributed by atoms with van der Waals surface area (Å²) in [6, 6.07) is 5.36. The Morgan fingerprint density at radius 2 is 2.25 bits per heavy atom. The van der Waals surface area contributed by atoms with Crippen molar-refractivity contribution in [3.63, 3.8) is 0 Å². The summed E-state index contributed by atoms with van der Waals surface area (Å²) in [6.45, 7) is 1.96. The van der Waals surface area contributed by atoms with E-state index in [0.29, 0.717) is 16.3 Å². The van der Waals surface area contributed by atoms with Crippen molar-refractivity contribution in [1.82, 2.24) is 0 Å². The molecule has 0 aliphatic heterocycles. The van der Waals surface area contributed by atoms with E-state index in [2.05, 4.69) is 0 Å². The average Bonchev–Trinajstić information content (AvgIpc) is 2.06. The molecule has 0 unspecified atom stereocenters. The van der Waals surface area contributed by atoms with Crippen molar-refractivity contribution >= 4 is 17.3 Å². The third-order valence-electron chi connectivity index (χ3n) is 1.75. The highest BCUT2D eigenvalue weighted by Gasteiger charge is 2.06. The van der Waals surface area contributed by atoms with E-state index in [1.807, 2.05) is 13.0 Å². The topological polar surface area (TPSA) is 49.8 Å². The maximum absolute atomic E-state index is 8.65. The van der Waals surface area contributed by atoms with Gasteiger partial charge in [-0.25, -0.2) is 0 Å². The number of nitrogens with zero attached hydrogens (tertiary/aromatic N) is 1. The molecule has 0 fully saturated rings. The second-order valence-electron chi connectivity index (χ2n) is 2.46. The first-order valence-electron chi connectivity index (χ1n) is 3.67. The summed E-state index contributed by atoms with van der Waals surface area (Å²) in [5.41, 5.74) is 7.66. The van der Waals surface area contributed by atoms with Crippen molar-refractivity contribution in [3.8, 4) is 6.07 Å². The monoisotopic (exact) mass is 180 g/mol. The summed E-state index contributed by atoms with van der Waals surface area (Å²) in [4.78, 5) is 0. The zero-order chi connectivity index (χ0) is 9.14. The van der Waals surface area contributed by atoms with Crippen LogP contribution in [-0.4, -0.2) is 0 Å². The van der Waals surface area contributed by atoms with Gasteiger partial charge in [0, 0.05) is 5.69 Å². The molecule has 62 valence electrons. The Morgan fingerprint density at radius 1 is 1.58 bits per heavy atom. The minimum atomic E-state index is 0.486. The lowest BCUT2D eigenvalue weighted by molar-refractivity contribution is 1.14. The molecule has 1 aromatic rings. The summed E-state index contributed by atoms with van der Waals surface area (Å²) in [5, 5.41) is 9.14. The molecule has 3 heteroatoms. The van der Waals surface area contributed by atoms with Gasteiger partial charge in [-0.2, -0.15) is 5.26 Å². The highest BCUT2D eigenvalue weighted by Crippen LogP contribution is 2.26. The number of hydrogen-bond donors (Lipinski definition) is 1. The molecular weight excluding hydrogens is 172 g/mol. The Labute approximate surface area is 76.6 Å². The summed E-state index contributed by atoms with van der Waals surface area (Å²) < 4.78 is 0. The number of nitrogen functional groups attached to an aromatic ring is 1. The Balaban J connectivity index is 3.36. The molecule has 1 aromatic carbocycles. The number of nitriles is 1. The number of hydrogen-bond acceptors (Lipinski definition) is 2. The van der Waals surface area contributed by atoms with Crippen LogP contribution in [0.25, 0.3) is 0 Å². The smallest absolute Gasteiger partial charge is 0.101 e. The van der Waals surface area contributed by atoms with E-state index < -0.39 is 0 Å². The maximum Gasteiger partial charge on any atom is 0.101 e. The molecule has 0 saturated heterocycles. The molecule has 0 heterocycles. The van der Waals surface area contributed by atoms with Crippen LogP contribution in [0.4, 0.5) is 5.69 Å². The van der Waals surface area contributed by atoms with Crippen molar-refractivity contribution in [2.75, 3.05) is 5.73 Å². The van der Waals surface area contributed by atoms with Crippen molar-refractivity contribution in [2.45, 2.75) is 13.3 Å². The van der Waals surface area contributed by atoms with E-state index in [0.717, 1.165) is 12.0 Å². The van der Waals surface area contributed by atoms with Crippen LogP contribution in [0.1, 0.15) is 18.1 Å².